The number of rotatable bonds is 2. The Morgan fingerprint density at radius 3 is 2.67 bits per heavy atom. The number of carbonyl (C=O) groups excluding carboxylic acids is 1. The maximum absolute atomic E-state index is 12.7. The van der Waals surface area contributed by atoms with Crippen molar-refractivity contribution in [1.29, 1.82) is 0 Å². The predicted octanol–water partition coefficient (Wildman–Crippen LogP) is 2.91. The van der Waals surface area contributed by atoms with Gasteiger partial charge in [0.15, 0.2) is 0 Å². The number of amides is 2. The summed E-state index contributed by atoms with van der Waals surface area (Å²) in [6, 6.07) is 4.35. The van der Waals surface area contributed by atoms with Crippen molar-refractivity contribution in [1.82, 2.24) is 29.5 Å². The van der Waals surface area contributed by atoms with Crippen molar-refractivity contribution >= 4 is 22.6 Å². The van der Waals surface area contributed by atoms with Gasteiger partial charge in [0.05, 0.1) is 30.8 Å². The molecule has 8 heteroatoms. The quantitative estimate of drug-likeness (QED) is 0.710. The molecule has 1 N–H and O–H groups in total. The van der Waals surface area contributed by atoms with Crippen molar-refractivity contribution in [3.63, 3.8) is 0 Å². The van der Waals surface area contributed by atoms with Gasteiger partial charge in [-0.2, -0.15) is 5.10 Å². The topological polar surface area (TPSA) is 79.3 Å². The first kappa shape index (κ1) is 18.9. The minimum Gasteiger partial charge on any atom is -0.378 e. The zero-order valence-electron chi connectivity index (χ0n) is 17.4. The molecule has 2 aliphatic rings. The van der Waals surface area contributed by atoms with Crippen LogP contribution in [0, 0.1) is 13.8 Å². The summed E-state index contributed by atoms with van der Waals surface area (Å²) in [5.74, 6) is 0. The van der Waals surface area contributed by atoms with Gasteiger partial charge in [-0.25, -0.2) is 14.5 Å². The summed E-state index contributed by atoms with van der Waals surface area (Å²) in [6.07, 6.45) is 6.84. The van der Waals surface area contributed by atoms with Crippen molar-refractivity contribution in [2.24, 2.45) is 0 Å². The molecule has 8 nitrogen and oxygen atoms in total. The fourth-order valence-electron chi connectivity index (χ4n) is 4.02. The second-order valence-electron chi connectivity index (χ2n) is 7.96. The number of urea groups is 1. The molecule has 0 bridgehead atoms. The molecule has 30 heavy (non-hydrogen) atoms. The molecule has 156 valence electrons. The molecule has 0 atom stereocenters. The van der Waals surface area contributed by atoms with Gasteiger partial charge in [0.2, 0.25) is 0 Å². The smallest absolute Gasteiger partial charge is 0.320 e. The van der Waals surface area contributed by atoms with Crippen LogP contribution < -0.4 is 0 Å². The zero-order chi connectivity index (χ0) is 20.7. The Bertz CT molecular complexity index is 1100. The van der Waals surface area contributed by atoms with Crippen LogP contribution in [0.15, 0.2) is 30.6 Å². The third-order valence-corrected chi connectivity index (χ3v) is 5.97. The maximum atomic E-state index is 12.7. The van der Waals surface area contributed by atoms with Gasteiger partial charge in [0.1, 0.15) is 5.65 Å². The molecule has 5 rings (SSSR count). The molecule has 0 spiro atoms. The summed E-state index contributed by atoms with van der Waals surface area (Å²) in [4.78, 5) is 24.5. The van der Waals surface area contributed by atoms with E-state index in [1.54, 1.807) is 0 Å². The van der Waals surface area contributed by atoms with Gasteiger partial charge in [0.25, 0.3) is 0 Å². The number of nitrogens with zero attached hydrogens (tertiary/aromatic N) is 5. The monoisotopic (exact) mass is 406 g/mol. The lowest BCUT2D eigenvalue weighted by Crippen LogP contribution is -2.49. The number of morpholine rings is 1. The molecule has 3 aromatic rings. The second kappa shape index (κ2) is 7.60. The fraction of sp³-hybridized carbons (Fsp3) is 0.409. The molecule has 0 unspecified atom stereocenters. The third-order valence-electron chi connectivity index (χ3n) is 5.97. The van der Waals surface area contributed by atoms with Crippen LogP contribution in [0.2, 0.25) is 0 Å². The summed E-state index contributed by atoms with van der Waals surface area (Å²) in [5.41, 5.74) is 6.29. The number of carbonyl (C=O) groups is 1. The van der Waals surface area contributed by atoms with Gasteiger partial charge >= 0.3 is 6.03 Å². The first-order valence-corrected chi connectivity index (χ1v) is 10.4. The highest BCUT2D eigenvalue weighted by atomic mass is 16.5. The van der Waals surface area contributed by atoms with Crippen LogP contribution in [-0.4, -0.2) is 75.0 Å². The van der Waals surface area contributed by atoms with E-state index in [0.29, 0.717) is 32.8 Å². The minimum atomic E-state index is 0.112. The summed E-state index contributed by atoms with van der Waals surface area (Å²) in [6.45, 7) is 8.03. The highest BCUT2D eigenvalue weighted by molar-refractivity contribution is 5.84. The number of aromatic amines is 1. The molecule has 0 aromatic carbocycles. The molecule has 0 aliphatic carbocycles. The average Bonchev–Trinajstić information content (AvgIpc) is 3.36. The molecule has 2 amide bonds. The molecule has 3 aromatic heterocycles. The van der Waals surface area contributed by atoms with E-state index in [-0.39, 0.29) is 6.03 Å². The van der Waals surface area contributed by atoms with E-state index in [0.717, 1.165) is 46.6 Å². The molecule has 5 heterocycles. The van der Waals surface area contributed by atoms with Crippen LogP contribution in [0.3, 0.4) is 0 Å². The van der Waals surface area contributed by atoms with Gasteiger partial charge in [-0.1, -0.05) is 6.08 Å². The number of fused-ring (bicyclic) bond motifs is 1. The van der Waals surface area contributed by atoms with E-state index in [2.05, 4.69) is 40.2 Å². The molecule has 1 saturated heterocycles. The van der Waals surface area contributed by atoms with Gasteiger partial charge in [-0.05, 0) is 43.5 Å². The average molecular weight is 406 g/mol. The van der Waals surface area contributed by atoms with Crippen LogP contribution in [-0.2, 0) is 4.74 Å². The molecular weight excluding hydrogens is 380 g/mol. The van der Waals surface area contributed by atoms with Crippen LogP contribution in [0.4, 0.5) is 4.79 Å². The van der Waals surface area contributed by atoms with Crippen LogP contribution >= 0.6 is 0 Å². The number of hydrogen-bond donors (Lipinski definition) is 1. The zero-order valence-corrected chi connectivity index (χ0v) is 17.4. The van der Waals surface area contributed by atoms with E-state index in [4.69, 9.17) is 4.74 Å². The third kappa shape index (κ3) is 3.47. The Balaban J connectivity index is 1.33. The number of nitrogens with one attached hydrogen (secondary N) is 1. The Labute approximate surface area is 175 Å². The largest absolute Gasteiger partial charge is 0.378 e. The maximum Gasteiger partial charge on any atom is 0.320 e. The first-order valence-electron chi connectivity index (χ1n) is 10.4. The lowest BCUT2D eigenvalue weighted by molar-refractivity contribution is 0.0441. The van der Waals surface area contributed by atoms with Crippen molar-refractivity contribution in [3.05, 3.63) is 47.6 Å². The van der Waals surface area contributed by atoms with Gasteiger partial charge in [-0.3, -0.25) is 0 Å². The fourth-order valence-corrected chi connectivity index (χ4v) is 4.02. The summed E-state index contributed by atoms with van der Waals surface area (Å²) in [7, 11) is 0. The van der Waals surface area contributed by atoms with Crippen molar-refractivity contribution in [2.75, 3.05) is 39.4 Å². The van der Waals surface area contributed by atoms with Crippen LogP contribution in [0.25, 0.3) is 22.3 Å². The lowest BCUT2D eigenvalue weighted by Gasteiger charge is -2.34. The van der Waals surface area contributed by atoms with Gasteiger partial charge in [0, 0.05) is 43.5 Å². The standard InChI is InChI=1S/C22H26N6O2/c1-15-14-28(25-16(15)2)19-11-18-12-20(24-21(18)23-13-19)17-3-5-26(6-4-17)22(29)27-7-9-30-10-8-27/h3,11-14H,4-10H2,1-2H3,(H,23,24). The van der Waals surface area contributed by atoms with E-state index in [9.17, 15) is 4.79 Å². The number of aromatic nitrogens is 4. The van der Waals surface area contributed by atoms with E-state index < -0.39 is 0 Å². The molecule has 0 saturated carbocycles. The lowest BCUT2D eigenvalue weighted by atomic mass is 10.0. The number of ether oxygens (including phenoxy) is 1. The Morgan fingerprint density at radius 1 is 1.13 bits per heavy atom. The minimum absolute atomic E-state index is 0.112. The summed E-state index contributed by atoms with van der Waals surface area (Å²) < 4.78 is 7.22. The van der Waals surface area contributed by atoms with Crippen molar-refractivity contribution in [3.8, 4) is 5.69 Å². The Hall–Kier alpha value is -3.13. The highest BCUT2D eigenvalue weighted by Gasteiger charge is 2.24. The predicted molar refractivity (Wildman–Crippen MR) is 115 cm³/mol. The van der Waals surface area contributed by atoms with E-state index >= 15 is 0 Å². The molecular formula is C22H26N6O2. The van der Waals surface area contributed by atoms with Gasteiger partial charge in [-0.15, -0.1) is 0 Å². The number of hydrogen-bond acceptors (Lipinski definition) is 4. The van der Waals surface area contributed by atoms with Crippen LogP contribution in [0.5, 0.6) is 0 Å². The Kier molecular flexibility index (Phi) is 4.78. The normalized spacial score (nSPS) is 17.5. The van der Waals surface area contributed by atoms with E-state index in [1.165, 1.54) is 5.57 Å². The Morgan fingerprint density at radius 2 is 1.97 bits per heavy atom. The number of aryl methyl sites for hydroxylation is 2. The molecule has 0 radical (unpaired) electrons. The second-order valence-corrected chi connectivity index (χ2v) is 7.96. The molecule has 2 aliphatic heterocycles. The highest BCUT2D eigenvalue weighted by Crippen LogP contribution is 2.26. The van der Waals surface area contributed by atoms with Gasteiger partial charge < -0.3 is 19.5 Å². The van der Waals surface area contributed by atoms with E-state index in [1.807, 2.05) is 33.8 Å². The SMILES string of the molecule is Cc1cn(-c2cnc3[nH]c(C4=CCN(C(=O)N5CCOCC5)CC4)cc3c2)nc1C. The number of pyridine rings is 1. The summed E-state index contributed by atoms with van der Waals surface area (Å²) in [5, 5.41) is 5.61. The summed E-state index contributed by atoms with van der Waals surface area (Å²) >= 11 is 0. The first-order chi connectivity index (χ1) is 14.6. The van der Waals surface area contributed by atoms with Crippen molar-refractivity contribution in [2.45, 2.75) is 20.3 Å². The number of H-pyrrole nitrogens is 1. The van der Waals surface area contributed by atoms with Crippen LogP contribution in [0.1, 0.15) is 23.4 Å². The molecule has 1 fully saturated rings. The van der Waals surface area contributed by atoms with Crippen molar-refractivity contribution < 1.29 is 9.53 Å².